The lowest BCUT2D eigenvalue weighted by molar-refractivity contribution is -0.117. The van der Waals surface area contributed by atoms with E-state index in [-0.39, 0.29) is 18.3 Å². The number of hydrogen-bond acceptors (Lipinski definition) is 3. The third-order valence-corrected chi connectivity index (χ3v) is 3.31. The van der Waals surface area contributed by atoms with Gasteiger partial charge in [-0.15, -0.1) is 0 Å². The summed E-state index contributed by atoms with van der Waals surface area (Å²) in [5.74, 6) is 0.196. The summed E-state index contributed by atoms with van der Waals surface area (Å²) in [7, 11) is 1.82. The number of nitrogens with zero attached hydrogens (tertiary/aromatic N) is 1. The number of halogens is 2. The quantitative estimate of drug-likeness (QED) is 0.842. The molecule has 2 aromatic rings. The van der Waals surface area contributed by atoms with E-state index < -0.39 is 0 Å². The molecule has 0 aromatic heterocycles. The Kier molecular flexibility index (Phi) is 6.38. The van der Waals surface area contributed by atoms with Crippen molar-refractivity contribution in [1.82, 2.24) is 4.90 Å². The first-order valence-electron chi connectivity index (χ1n) is 7.15. The molecule has 0 aliphatic rings. The Balaban J connectivity index is 1.70. The van der Waals surface area contributed by atoms with E-state index in [1.807, 2.05) is 24.1 Å². The maximum atomic E-state index is 12.8. The predicted octanol–water partition coefficient (Wildman–Crippen LogP) is 3.43. The summed E-state index contributed by atoms with van der Waals surface area (Å²) < 4.78 is 18.4. The smallest absolute Gasteiger partial charge is 0.238 e. The van der Waals surface area contributed by atoms with E-state index >= 15 is 0 Å². The van der Waals surface area contributed by atoms with E-state index in [4.69, 9.17) is 16.3 Å². The Labute approximate surface area is 139 Å². The van der Waals surface area contributed by atoms with Gasteiger partial charge in [0.2, 0.25) is 5.91 Å². The minimum absolute atomic E-state index is 0.165. The average molecular weight is 337 g/mol. The van der Waals surface area contributed by atoms with Crippen LogP contribution in [0.4, 0.5) is 10.1 Å². The normalized spacial score (nSPS) is 10.6. The van der Waals surface area contributed by atoms with Gasteiger partial charge >= 0.3 is 0 Å². The first-order chi connectivity index (χ1) is 11.0. The maximum Gasteiger partial charge on any atom is 0.238 e. The predicted molar refractivity (Wildman–Crippen MR) is 89.5 cm³/mol. The lowest BCUT2D eigenvalue weighted by Gasteiger charge is -2.16. The summed E-state index contributed by atoms with van der Waals surface area (Å²) in [5.41, 5.74) is 0.569. The van der Waals surface area contributed by atoms with Crippen LogP contribution < -0.4 is 10.1 Å². The zero-order valence-corrected chi connectivity index (χ0v) is 13.5. The Morgan fingerprint density at radius 3 is 2.70 bits per heavy atom. The number of benzene rings is 2. The van der Waals surface area contributed by atoms with Crippen LogP contribution >= 0.6 is 11.6 Å². The van der Waals surface area contributed by atoms with E-state index in [1.165, 1.54) is 24.3 Å². The van der Waals surface area contributed by atoms with E-state index in [0.717, 1.165) is 0 Å². The highest BCUT2D eigenvalue weighted by atomic mass is 35.5. The molecule has 0 saturated carbocycles. The number of hydrogen-bond donors (Lipinski definition) is 1. The van der Waals surface area contributed by atoms with E-state index in [0.29, 0.717) is 29.6 Å². The molecule has 0 atom stereocenters. The lowest BCUT2D eigenvalue weighted by atomic mass is 10.3. The third-order valence-electron chi connectivity index (χ3n) is 3.08. The lowest BCUT2D eigenvalue weighted by Crippen LogP contribution is -2.33. The highest BCUT2D eigenvalue weighted by molar-refractivity contribution is 6.30. The molecule has 1 N–H and O–H groups in total. The van der Waals surface area contributed by atoms with Crippen LogP contribution in [0.1, 0.15) is 0 Å². The zero-order chi connectivity index (χ0) is 16.7. The van der Waals surface area contributed by atoms with Gasteiger partial charge in [0.15, 0.2) is 0 Å². The largest absolute Gasteiger partial charge is 0.492 e. The number of carbonyl (C=O) groups is 1. The van der Waals surface area contributed by atoms with Gasteiger partial charge in [-0.1, -0.05) is 17.7 Å². The molecule has 6 heteroatoms. The zero-order valence-electron chi connectivity index (χ0n) is 12.8. The van der Waals surface area contributed by atoms with Crippen molar-refractivity contribution in [3.8, 4) is 5.75 Å². The Hall–Kier alpha value is -2.11. The molecule has 23 heavy (non-hydrogen) atoms. The Morgan fingerprint density at radius 1 is 1.26 bits per heavy atom. The van der Waals surface area contributed by atoms with Crippen LogP contribution in [0.3, 0.4) is 0 Å². The Bertz CT molecular complexity index is 649. The molecule has 0 aliphatic heterocycles. The number of rotatable bonds is 7. The van der Waals surface area contributed by atoms with Gasteiger partial charge in [0.25, 0.3) is 0 Å². The van der Waals surface area contributed by atoms with Crippen LogP contribution in [0.25, 0.3) is 0 Å². The minimum Gasteiger partial charge on any atom is -0.492 e. The molecule has 0 saturated heterocycles. The van der Waals surface area contributed by atoms with Crippen LogP contribution in [0.15, 0.2) is 48.5 Å². The average Bonchev–Trinajstić information content (AvgIpc) is 2.49. The molecule has 122 valence electrons. The second kappa shape index (κ2) is 8.50. The standard InChI is InChI=1S/C17H18ClFN2O2/c1-21(9-10-23-16-4-2-3-13(18)11-16)12-17(22)20-15-7-5-14(19)6-8-15/h2-8,11H,9-10,12H2,1H3,(H,20,22). The number of amides is 1. The summed E-state index contributed by atoms with van der Waals surface area (Å²) in [4.78, 5) is 13.7. The highest BCUT2D eigenvalue weighted by Crippen LogP contribution is 2.16. The van der Waals surface area contributed by atoms with Crippen molar-refractivity contribution in [2.45, 2.75) is 0 Å². The van der Waals surface area contributed by atoms with Crippen LogP contribution in [0.2, 0.25) is 5.02 Å². The molecular weight excluding hydrogens is 319 g/mol. The van der Waals surface area contributed by atoms with E-state index in [1.54, 1.807) is 12.1 Å². The van der Waals surface area contributed by atoms with Crippen molar-refractivity contribution in [2.24, 2.45) is 0 Å². The molecule has 0 aliphatic carbocycles. The van der Waals surface area contributed by atoms with Gasteiger partial charge in [0.1, 0.15) is 18.2 Å². The van der Waals surface area contributed by atoms with Crippen molar-refractivity contribution >= 4 is 23.2 Å². The second-order valence-electron chi connectivity index (χ2n) is 5.10. The van der Waals surface area contributed by atoms with Gasteiger partial charge in [-0.25, -0.2) is 4.39 Å². The SMILES string of the molecule is CN(CCOc1cccc(Cl)c1)CC(=O)Nc1ccc(F)cc1. The summed E-state index contributed by atoms with van der Waals surface area (Å²) in [5, 5.41) is 3.33. The van der Waals surface area contributed by atoms with Crippen molar-refractivity contribution in [3.63, 3.8) is 0 Å². The fraction of sp³-hybridized carbons (Fsp3) is 0.235. The monoisotopic (exact) mass is 336 g/mol. The number of likely N-dealkylation sites (N-methyl/N-ethyl adjacent to an activating group) is 1. The number of carbonyl (C=O) groups excluding carboxylic acids is 1. The Morgan fingerprint density at radius 2 is 2.00 bits per heavy atom. The summed E-state index contributed by atoms with van der Waals surface area (Å²) >= 11 is 5.88. The molecule has 0 fully saturated rings. The highest BCUT2D eigenvalue weighted by Gasteiger charge is 2.07. The van der Waals surface area contributed by atoms with Crippen LogP contribution in [0, 0.1) is 5.82 Å². The van der Waals surface area contributed by atoms with E-state index in [2.05, 4.69) is 5.32 Å². The van der Waals surface area contributed by atoms with E-state index in [9.17, 15) is 9.18 Å². The summed E-state index contributed by atoms with van der Waals surface area (Å²) in [6.45, 7) is 1.25. The van der Waals surface area contributed by atoms with Crippen LogP contribution in [-0.2, 0) is 4.79 Å². The van der Waals surface area contributed by atoms with Crippen LogP contribution in [-0.4, -0.2) is 37.6 Å². The molecule has 2 aromatic carbocycles. The second-order valence-corrected chi connectivity index (χ2v) is 5.54. The molecule has 0 heterocycles. The molecule has 1 amide bonds. The van der Waals surface area contributed by atoms with Gasteiger partial charge in [-0.2, -0.15) is 0 Å². The molecular formula is C17H18ClFN2O2. The van der Waals surface area contributed by atoms with Gasteiger partial charge in [-0.05, 0) is 49.5 Å². The van der Waals surface area contributed by atoms with Crippen molar-refractivity contribution < 1.29 is 13.9 Å². The summed E-state index contributed by atoms with van der Waals surface area (Å²) in [6.07, 6.45) is 0. The molecule has 0 spiro atoms. The van der Waals surface area contributed by atoms with Crippen molar-refractivity contribution in [3.05, 3.63) is 59.4 Å². The van der Waals surface area contributed by atoms with Crippen molar-refractivity contribution in [1.29, 1.82) is 0 Å². The van der Waals surface area contributed by atoms with Gasteiger partial charge in [0.05, 0.1) is 6.54 Å². The van der Waals surface area contributed by atoms with Crippen LogP contribution in [0.5, 0.6) is 5.75 Å². The first-order valence-corrected chi connectivity index (χ1v) is 7.53. The van der Waals surface area contributed by atoms with Crippen molar-refractivity contribution in [2.75, 3.05) is 32.1 Å². The van der Waals surface area contributed by atoms with Gasteiger partial charge < -0.3 is 10.1 Å². The first kappa shape index (κ1) is 17.2. The molecule has 0 unspecified atom stereocenters. The molecule has 2 rings (SSSR count). The third kappa shape index (κ3) is 6.26. The summed E-state index contributed by atoms with van der Waals surface area (Å²) in [6, 6.07) is 12.8. The molecule has 0 bridgehead atoms. The maximum absolute atomic E-state index is 12.8. The number of ether oxygens (including phenoxy) is 1. The van der Waals surface area contributed by atoms with Gasteiger partial charge in [-0.3, -0.25) is 9.69 Å². The topological polar surface area (TPSA) is 41.6 Å². The molecule has 0 radical (unpaired) electrons. The minimum atomic E-state index is -0.335. The number of nitrogens with one attached hydrogen (secondary N) is 1. The molecule has 4 nitrogen and oxygen atoms in total. The fourth-order valence-corrected chi connectivity index (χ4v) is 2.11. The fourth-order valence-electron chi connectivity index (χ4n) is 1.93. The number of anilines is 1. The van der Waals surface area contributed by atoms with Gasteiger partial charge in [0, 0.05) is 17.3 Å².